The summed E-state index contributed by atoms with van der Waals surface area (Å²) in [5.74, 6) is 0.552. The van der Waals surface area contributed by atoms with Gasteiger partial charge in [0.2, 0.25) is 5.91 Å². The van der Waals surface area contributed by atoms with Crippen molar-refractivity contribution in [1.29, 1.82) is 0 Å². The summed E-state index contributed by atoms with van der Waals surface area (Å²) >= 11 is 0. The van der Waals surface area contributed by atoms with Crippen molar-refractivity contribution in [3.8, 4) is 0 Å². The van der Waals surface area contributed by atoms with Crippen LogP contribution in [-0.2, 0) is 4.79 Å². The quantitative estimate of drug-likeness (QED) is 0.760. The van der Waals surface area contributed by atoms with Gasteiger partial charge in [0, 0.05) is 25.1 Å². The third-order valence-electron chi connectivity index (χ3n) is 4.00. The summed E-state index contributed by atoms with van der Waals surface area (Å²) in [6.45, 7) is 5.39. The van der Waals surface area contributed by atoms with E-state index < -0.39 is 0 Å². The zero-order chi connectivity index (χ0) is 13.4. The Kier molecular flexibility index (Phi) is 7.33. The molecule has 1 heterocycles. The lowest BCUT2D eigenvalue weighted by Gasteiger charge is -2.37. The van der Waals surface area contributed by atoms with Crippen molar-refractivity contribution in [2.45, 2.75) is 71.3 Å². The lowest BCUT2D eigenvalue weighted by atomic mass is 9.92. The number of piperidine rings is 1. The van der Waals surface area contributed by atoms with Crippen LogP contribution in [0.4, 0.5) is 0 Å². The van der Waals surface area contributed by atoms with E-state index in [4.69, 9.17) is 5.11 Å². The molecule has 0 aromatic heterocycles. The third-order valence-corrected chi connectivity index (χ3v) is 4.00. The van der Waals surface area contributed by atoms with Crippen molar-refractivity contribution in [3.63, 3.8) is 0 Å². The Morgan fingerprint density at radius 3 is 2.50 bits per heavy atom. The Bertz CT molecular complexity index is 235. The minimum atomic E-state index is 0.195. The van der Waals surface area contributed by atoms with Crippen LogP contribution in [0.1, 0.15) is 65.2 Å². The Hall–Kier alpha value is -0.570. The molecule has 0 radical (unpaired) electrons. The molecule has 18 heavy (non-hydrogen) atoms. The van der Waals surface area contributed by atoms with Crippen LogP contribution in [-0.4, -0.2) is 35.1 Å². The maximum Gasteiger partial charge on any atom is 0.225 e. The summed E-state index contributed by atoms with van der Waals surface area (Å²) in [5, 5.41) is 9.13. The van der Waals surface area contributed by atoms with Crippen molar-refractivity contribution in [2.24, 2.45) is 5.92 Å². The summed E-state index contributed by atoms with van der Waals surface area (Å²) in [7, 11) is 0. The van der Waals surface area contributed by atoms with Gasteiger partial charge in [0.1, 0.15) is 0 Å². The second-order valence-electron chi connectivity index (χ2n) is 5.47. The van der Waals surface area contributed by atoms with Crippen molar-refractivity contribution in [2.75, 3.05) is 13.2 Å². The summed E-state index contributed by atoms with van der Waals surface area (Å²) in [4.78, 5) is 14.7. The van der Waals surface area contributed by atoms with E-state index in [0.717, 1.165) is 51.5 Å². The summed E-state index contributed by atoms with van der Waals surface area (Å²) in [5.41, 5.74) is 0. The second kappa shape index (κ2) is 8.52. The fourth-order valence-corrected chi connectivity index (χ4v) is 3.06. The molecule has 1 N–H and O–H groups in total. The van der Waals surface area contributed by atoms with Crippen LogP contribution in [0.25, 0.3) is 0 Å². The normalized spacial score (nSPS) is 20.4. The van der Waals surface area contributed by atoms with E-state index in [-0.39, 0.29) is 18.6 Å². The Morgan fingerprint density at radius 2 is 1.94 bits per heavy atom. The first-order chi connectivity index (χ1) is 8.74. The SMILES string of the molecule is CCCC(CCC)C(=O)N1CCCCC1CCO. The van der Waals surface area contributed by atoms with Crippen LogP contribution in [0.2, 0.25) is 0 Å². The minimum Gasteiger partial charge on any atom is -0.396 e. The highest BCUT2D eigenvalue weighted by Crippen LogP contribution is 2.25. The lowest BCUT2D eigenvalue weighted by Crippen LogP contribution is -2.46. The van der Waals surface area contributed by atoms with Crippen molar-refractivity contribution in [1.82, 2.24) is 4.90 Å². The number of carbonyl (C=O) groups is 1. The zero-order valence-electron chi connectivity index (χ0n) is 12.0. The van der Waals surface area contributed by atoms with Gasteiger partial charge in [-0.1, -0.05) is 26.7 Å². The summed E-state index contributed by atoms with van der Waals surface area (Å²) in [6.07, 6.45) is 8.31. The predicted octanol–water partition coefficient (Wildman–Crippen LogP) is 2.97. The van der Waals surface area contributed by atoms with Crippen LogP contribution >= 0.6 is 0 Å². The van der Waals surface area contributed by atoms with Crippen LogP contribution < -0.4 is 0 Å². The fourth-order valence-electron chi connectivity index (χ4n) is 3.06. The number of rotatable bonds is 7. The van der Waals surface area contributed by atoms with Gasteiger partial charge in [-0.2, -0.15) is 0 Å². The Balaban J connectivity index is 2.64. The van der Waals surface area contributed by atoms with Crippen LogP contribution in [0, 0.1) is 5.92 Å². The van der Waals surface area contributed by atoms with Gasteiger partial charge in [0.15, 0.2) is 0 Å². The predicted molar refractivity (Wildman–Crippen MR) is 74.4 cm³/mol. The Morgan fingerprint density at radius 1 is 1.28 bits per heavy atom. The molecule has 0 spiro atoms. The van der Waals surface area contributed by atoms with Crippen molar-refractivity contribution in [3.05, 3.63) is 0 Å². The molecule has 0 aliphatic carbocycles. The van der Waals surface area contributed by atoms with Gasteiger partial charge in [0.05, 0.1) is 0 Å². The smallest absolute Gasteiger partial charge is 0.225 e. The molecule has 3 nitrogen and oxygen atoms in total. The largest absolute Gasteiger partial charge is 0.396 e. The van der Waals surface area contributed by atoms with Gasteiger partial charge in [-0.05, 0) is 38.5 Å². The maximum absolute atomic E-state index is 12.6. The van der Waals surface area contributed by atoms with Gasteiger partial charge in [-0.3, -0.25) is 4.79 Å². The van der Waals surface area contributed by atoms with E-state index in [1.165, 1.54) is 6.42 Å². The molecule has 3 heteroatoms. The second-order valence-corrected chi connectivity index (χ2v) is 5.47. The highest BCUT2D eigenvalue weighted by atomic mass is 16.3. The number of hydrogen-bond acceptors (Lipinski definition) is 2. The van der Waals surface area contributed by atoms with E-state index >= 15 is 0 Å². The highest BCUT2D eigenvalue weighted by Gasteiger charge is 2.30. The number of hydrogen-bond donors (Lipinski definition) is 1. The topological polar surface area (TPSA) is 40.5 Å². The van der Waals surface area contributed by atoms with Crippen LogP contribution in [0.5, 0.6) is 0 Å². The van der Waals surface area contributed by atoms with E-state index in [0.29, 0.717) is 5.91 Å². The number of nitrogens with zero attached hydrogens (tertiary/aromatic N) is 1. The lowest BCUT2D eigenvalue weighted by molar-refractivity contribution is -0.140. The van der Waals surface area contributed by atoms with Gasteiger partial charge < -0.3 is 10.0 Å². The monoisotopic (exact) mass is 255 g/mol. The number of amides is 1. The zero-order valence-corrected chi connectivity index (χ0v) is 12.0. The van der Waals surface area contributed by atoms with Gasteiger partial charge in [-0.25, -0.2) is 0 Å². The van der Waals surface area contributed by atoms with Gasteiger partial charge in [-0.15, -0.1) is 0 Å². The fraction of sp³-hybridized carbons (Fsp3) is 0.933. The molecule has 1 atom stereocenters. The molecular weight excluding hydrogens is 226 g/mol. The molecule has 106 valence electrons. The molecule has 1 unspecified atom stereocenters. The summed E-state index contributed by atoms with van der Waals surface area (Å²) < 4.78 is 0. The van der Waals surface area contributed by atoms with E-state index in [1.807, 2.05) is 0 Å². The molecule has 1 aliphatic heterocycles. The van der Waals surface area contributed by atoms with Crippen LogP contribution in [0.3, 0.4) is 0 Å². The molecule has 1 aliphatic rings. The average Bonchev–Trinajstić information content (AvgIpc) is 2.39. The van der Waals surface area contributed by atoms with Crippen molar-refractivity contribution < 1.29 is 9.90 Å². The van der Waals surface area contributed by atoms with Crippen LogP contribution in [0.15, 0.2) is 0 Å². The van der Waals surface area contributed by atoms with E-state index in [2.05, 4.69) is 18.7 Å². The molecule has 1 amide bonds. The molecule has 0 bridgehead atoms. The number of likely N-dealkylation sites (tertiary alicyclic amines) is 1. The van der Waals surface area contributed by atoms with Gasteiger partial charge in [0.25, 0.3) is 0 Å². The molecule has 1 rings (SSSR count). The molecule has 0 aromatic rings. The maximum atomic E-state index is 12.6. The van der Waals surface area contributed by atoms with Crippen molar-refractivity contribution >= 4 is 5.91 Å². The molecule has 1 fully saturated rings. The summed E-state index contributed by atoms with van der Waals surface area (Å²) in [6, 6.07) is 0.285. The minimum absolute atomic E-state index is 0.195. The number of aliphatic hydroxyl groups excluding tert-OH is 1. The first-order valence-corrected chi connectivity index (χ1v) is 7.65. The van der Waals surface area contributed by atoms with Gasteiger partial charge >= 0.3 is 0 Å². The highest BCUT2D eigenvalue weighted by molar-refractivity contribution is 5.79. The number of carbonyl (C=O) groups excluding carboxylic acids is 1. The third kappa shape index (κ3) is 4.27. The average molecular weight is 255 g/mol. The molecule has 0 saturated carbocycles. The molecular formula is C15H29NO2. The van der Waals surface area contributed by atoms with E-state index in [1.54, 1.807) is 0 Å². The standard InChI is InChI=1S/C15H29NO2/c1-3-7-13(8-4-2)15(18)16-11-6-5-9-14(16)10-12-17/h13-14,17H,3-12H2,1-2H3. The first-order valence-electron chi connectivity index (χ1n) is 7.65. The first kappa shape index (κ1) is 15.5. The molecule has 1 saturated heterocycles. The Labute approximate surface area is 112 Å². The van der Waals surface area contributed by atoms with E-state index in [9.17, 15) is 4.79 Å². The molecule has 0 aromatic carbocycles. The number of aliphatic hydroxyl groups is 1.